The van der Waals surface area contributed by atoms with E-state index in [0.29, 0.717) is 6.54 Å². The van der Waals surface area contributed by atoms with E-state index in [-0.39, 0.29) is 11.5 Å². The third-order valence-corrected chi connectivity index (χ3v) is 1.71. The molecule has 3 nitrogen and oxygen atoms in total. The molecule has 0 aliphatic heterocycles. The lowest BCUT2D eigenvalue weighted by molar-refractivity contribution is 0.403. The first kappa shape index (κ1) is 8.87. The molecule has 0 spiro atoms. The van der Waals surface area contributed by atoms with Crippen molar-refractivity contribution in [2.24, 2.45) is 5.73 Å². The van der Waals surface area contributed by atoms with E-state index in [9.17, 15) is 0 Å². The molecule has 0 atom stereocenters. The lowest BCUT2D eigenvalue weighted by atomic mass is 10.1. The Morgan fingerprint density at radius 1 is 1.17 bits per heavy atom. The van der Waals surface area contributed by atoms with E-state index in [1.54, 1.807) is 12.1 Å². The first-order valence-corrected chi connectivity index (χ1v) is 3.95. The molecule has 0 bridgehead atoms. The highest BCUT2D eigenvalue weighted by Crippen LogP contribution is 2.25. The second-order valence-electron chi connectivity index (χ2n) is 2.72. The van der Waals surface area contributed by atoms with Gasteiger partial charge in [-0.05, 0) is 37.1 Å². The zero-order valence-corrected chi connectivity index (χ0v) is 6.83. The highest BCUT2D eigenvalue weighted by molar-refractivity contribution is 5.40. The van der Waals surface area contributed by atoms with Crippen molar-refractivity contribution in [1.82, 2.24) is 0 Å². The molecule has 0 fully saturated rings. The summed E-state index contributed by atoms with van der Waals surface area (Å²) in [5.41, 5.74) is 6.33. The van der Waals surface area contributed by atoms with Crippen molar-refractivity contribution in [1.29, 1.82) is 0 Å². The third-order valence-electron chi connectivity index (χ3n) is 1.71. The van der Waals surface area contributed by atoms with E-state index in [1.165, 1.54) is 6.07 Å². The smallest absolute Gasteiger partial charge is 0.157 e. The van der Waals surface area contributed by atoms with Crippen molar-refractivity contribution in [3.05, 3.63) is 23.8 Å². The van der Waals surface area contributed by atoms with E-state index >= 15 is 0 Å². The van der Waals surface area contributed by atoms with Gasteiger partial charge in [-0.2, -0.15) is 0 Å². The maximum atomic E-state index is 9.12. The van der Waals surface area contributed by atoms with Crippen LogP contribution >= 0.6 is 0 Å². The second kappa shape index (κ2) is 3.97. The van der Waals surface area contributed by atoms with E-state index in [0.717, 1.165) is 18.4 Å². The molecule has 0 heterocycles. The van der Waals surface area contributed by atoms with Crippen molar-refractivity contribution in [3.63, 3.8) is 0 Å². The first-order valence-electron chi connectivity index (χ1n) is 3.95. The number of aryl methyl sites for hydroxylation is 1. The highest BCUT2D eigenvalue weighted by Gasteiger charge is 1.99. The summed E-state index contributed by atoms with van der Waals surface area (Å²) in [6.07, 6.45) is 1.73. The second-order valence-corrected chi connectivity index (χ2v) is 2.72. The fraction of sp³-hybridized carbons (Fsp3) is 0.333. The van der Waals surface area contributed by atoms with Crippen LogP contribution in [0.3, 0.4) is 0 Å². The molecule has 1 rings (SSSR count). The van der Waals surface area contributed by atoms with Gasteiger partial charge in [-0.15, -0.1) is 0 Å². The Morgan fingerprint density at radius 2 is 1.92 bits per heavy atom. The summed E-state index contributed by atoms with van der Waals surface area (Å²) >= 11 is 0. The van der Waals surface area contributed by atoms with Crippen LogP contribution in [0.4, 0.5) is 0 Å². The molecular weight excluding hydrogens is 154 g/mol. The van der Waals surface area contributed by atoms with Gasteiger partial charge >= 0.3 is 0 Å². The molecule has 12 heavy (non-hydrogen) atoms. The zero-order chi connectivity index (χ0) is 8.97. The summed E-state index contributed by atoms with van der Waals surface area (Å²) in [5, 5.41) is 18.1. The lowest BCUT2D eigenvalue weighted by Gasteiger charge is -2.01. The van der Waals surface area contributed by atoms with Gasteiger partial charge < -0.3 is 15.9 Å². The van der Waals surface area contributed by atoms with E-state index in [4.69, 9.17) is 15.9 Å². The summed E-state index contributed by atoms with van der Waals surface area (Å²) in [6.45, 7) is 0.641. The normalized spacial score (nSPS) is 10.1. The molecule has 0 aliphatic rings. The molecule has 1 aromatic carbocycles. The summed E-state index contributed by atoms with van der Waals surface area (Å²) in [4.78, 5) is 0. The standard InChI is InChI=1S/C9H13NO2/c10-5-1-2-7-3-4-8(11)9(12)6-7/h3-4,6,11-12H,1-2,5,10H2. The molecule has 0 amide bonds. The Labute approximate surface area is 71.5 Å². The summed E-state index contributed by atoms with van der Waals surface area (Å²) in [7, 11) is 0. The number of hydrogen-bond donors (Lipinski definition) is 3. The zero-order valence-electron chi connectivity index (χ0n) is 6.83. The molecule has 3 heteroatoms. The predicted molar refractivity (Wildman–Crippen MR) is 47.1 cm³/mol. The SMILES string of the molecule is NCCCc1ccc(O)c(O)c1. The van der Waals surface area contributed by atoms with Gasteiger partial charge in [0.2, 0.25) is 0 Å². The van der Waals surface area contributed by atoms with Gasteiger partial charge in [0, 0.05) is 0 Å². The van der Waals surface area contributed by atoms with Crippen LogP contribution in [0.15, 0.2) is 18.2 Å². The Morgan fingerprint density at radius 3 is 2.50 bits per heavy atom. The van der Waals surface area contributed by atoms with Gasteiger partial charge in [0.15, 0.2) is 11.5 Å². The number of hydrogen-bond acceptors (Lipinski definition) is 3. The third kappa shape index (κ3) is 2.13. The van der Waals surface area contributed by atoms with Crippen LogP contribution in [0, 0.1) is 0 Å². The molecular formula is C9H13NO2. The van der Waals surface area contributed by atoms with Gasteiger partial charge in [-0.25, -0.2) is 0 Å². The van der Waals surface area contributed by atoms with E-state index in [2.05, 4.69) is 0 Å². The number of rotatable bonds is 3. The monoisotopic (exact) mass is 167 g/mol. The van der Waals surface area contributed by atoms with Gasteiger partial charge in [0.25, 0.3) is 0 Å². The van der Waals surface area contributed by atoms with Gasteiger partial charge in [-0.3, -0.25) is 0 Å². The minimum absolute atomic E-state index is 0.0653. The van der Waals surface area contributed by atoms with Crippen LogP contribution in [0.2, 0.25) is 0 Å². The number of benzene rings is 1. The molecule has 4 N–H and O–H groups in total. The molecule has 0 unspecified atom stereocenters. The highest BCUT2D eigenvalue weighted by atomic mass is 16.3. The van der Waals surface area contributed by atoms with E-state index in [1.807, 2.05) is 0 Å². The van der Waals surface area contributed by atoms with Crippen LogP contribution in [0.1, 0.15) is 12.0 Å². The van der Waals surface area contributed by atoms with Crippen LogP contribution in [0.25, 0.3) is 0 Å². The van der Waals surface area contributed by atoms with Crippen LogP contribution in [-0.2, 0) is 6.42 Å². The minimum atomic E-state index is -0.0773. The van der Waals surface area contributed by atoms with Crippen molar-refractivity contribution in [2.45, 2.75) is 12.8 Å². The number of aromatic hydroxyl groups is 2. The maximum Gasteiger partial charge on any atom is 0.157 e. The average Bonchev–Trinajstić information content (AvgIpc) is 2.07. The molecule has 1 aromatic rings. The quantitative estimate of drug-likeness (QED) is 0.588. The first-order chi connectivity index (χ1) is 5.74. The van der Waals surface area contributed by atoms with Gasteiger partial charge in [0.05, 0.1) is 0 Å². The molecule has 0 radical (unpaired) electrons. The summed E-state index contributed by atoms with van der Waals surface area (Å²) in [6, 6.07) is 4.83. The minimum Gasteiger partial charge on any atom is -0.504 e. The fourth-order valence-corrected chi connectivity index (χ4v) is 1.03. The number of phenols is 2. The van der Waals surface area contributed by atoms with Crippen molar-refractivity contribution >= 4 is 0 Å². The van der Waals surface area contributed by atoms with E-state index < -0.39 is 0 Å². The van der Waals surface area contributed by atoms with Crippen LogP contribution in [0.5, 0.6) is 11.5 Å². The number of phenolic OH excluding ortho intramolecular Hbond substituents is 2. The van der Waals surface area contributed by atoms with Crippen molar-refractivity contribution < 1.29 is 10.2 Å². The van der Waals surface area contributed by atoms with Crippen molar-refractivity contribution in [3.8, 4) is 11.5 Å². The molecule has 0 saturated carbocycles. The Hall–Kier alpha value is -1.22. The molecule has 0 aromatic heterocycles. The topological polar surface area (TPSA) is 66.5 Å². The summed E-state index contributed by atoms with van der Waals surface area (Å²) in [5.74, 6) is -0.143. The van der Waals surface area contributed by atoms with Gasteiger partial charge in [0.1, 0.15) is 0 Å². The van der Waals surface area contributed by atoms with Crippen molar-refractivity contribution in [2.75, 3.05) is 6.54 Å². The van der Waals surface area contributed by atoms with Gasteiger partial charge in [-0.1, -0.05) is 6.07 Å². The molecule has 0 aliphatic carbocycles. The lowest BCUT2D eigenvalue weighted by Crippen LogP contribution is -1.99. The average molecular weight is 167 g/mol. The van der Waals surface area contributed by atoms with Crippen LogP contribution < -0.4 is 5.73 Å². The largest absolute Gasteiger partial charge is 0.504 e. The fourth-order valence-electron chi connectivity index (χ4n) is 1.03. The Balaban J connectivity index is 2.69. The molecule has 66 valence electrons. The Bertz CT molecular complexity index is 261. The maximum absolute atomic E-state index is 9.12. The molecule has 0 saturated heterocycles. The summed E-state index contributed by atoms with van der Waals surface area (Å²) < 4.78 is 0. The van der Waals surface area contributed by atoms with Crippen LogP contribution in [-0.4, -0.2) is 16.8 Å². The Kier molecular flexibility index (Phi) is 2.94. The number of nitrogens with two attached hydrogens (primary N) is 1. The predicted octanol–water partition coefficient (Wildman–Crippen LogP) is 0.989.